The van der Waals surface area contributed by atoms with Crippen LogP contribution < -0.4 is 10.2 Å². The van der Waals surface area contributed by atoms with E-state index in [0.717, 1.165) is 18.4 Å². The van der Waals surface area contributed by atoms with Crippen LogP contribution in [0, 0.1) is 26.6 Å². The minimum Gasteiger partial charge on any atom is -0.436 e. The summed E-state index contributed by atoms with van der Waals surface area (Å²) in [5, 5.41) is 2.99. The molecular weight excluding hydrogens is 309 g/mol. The Morgan fingerprint density at radius 1 is 1.29 bits per heavy atom. The van der Waals surface area contributed by atoms with E-state index >= 15 is 0 Å². The number of amides is 1. The molecule has 2 heterocycles. The lowest BCUT2D eigenvalue weighted by Gasteiger charge is -2.34. The fourth-order valence-corrected chi connectivity index (χ4v) is 3.12. The standard InChI is InChI=1S/C18H22FN3O2/c1-11-4-5-15(19)16(10-11)22-8-6-14(7-9-22)21-18(23)17-12(2)20-13(3)24-17/h4-5,10,14H,6-9H2,1-3H3,(H,21,23). The van der Waals surface area contributed by atoms with Gasteiger partial charge < -0.3 is 14.6 Å². The summed E-state index contributed by atoms with van der Waals surface area (Å²) in [7, 11) is 0. The van der Waals surface area contributed by atoms with Crippen molar-refractivity contribution in [2.24, 2.45) is 0 Å². The summed E-state index contributed by atoms with van der Waals surface area (Å²) in [6, 6.07) is 5.21. The number of hydrogen-bond acceptors (Lipinski definition) is 4. The highest BCUT2D eigenvalue weighted by Gasteiger charge is 2.25. The van der Waals surface area contributed by atoms with E-state index in [9.17, 15) is 9.18 Å². The van der Waals surface area contributed by atoms with Gasteiger partial charge in [0.1, 0.15) is 5.82 Å². The van der Waals surface area contributed by atoms with E-state index in [0.29, 0.717) is 30.4 Å². The number of carbonyl (C=O) groups excluding carboxylic acids is 1. The maximum atomic E-state index is 14.0. The van der Waals surface area contributed by atoms with E-state index in [1.165, 1.54) is 6.07 Å². The second-order valence-corrected chi connectivity index (χ2v) is 6.34. The van der Waals surface area contributed by atoms with Crippen LogP contribution in [-0.4, -0.2) is 30.0 Å². The van der Waals surface area contributed by atoms with Crippen molar-refractivity contribution in [3.63, 3.8) is 0 Å². The predicted octanol–water partition coefficient (Wildman–Crippen LogP) is 3.14. The number of aryl methyl sites for hydroxylation is 3. The normalized spacial score (nSPS) is 15.6. The summed E-state index contributed by atoms with van der Waals surface area (Å²) in [5.41, 5.74) is 2.28. The molecule has 128 valence electrons. The van der Waals surface area contributed by atoms with Crippen LogP contribution >= 0.6 is 0 Å². The SMILES string of the molecule is Cc1ccc(F)c(N2CCC(NC(=O)c3oc(C)nc3C)CC2)c1. The second kappa shape index (κ2) is 6.63. The van der Waals surface area contributed by atoms with Crippen LogP contribution in [0.2, 0.25) is 0 Å². The molecule has 6 heteroatoms. The molecule has 0 radical (unpaired) electrons. The molecule has 0 atom stereocenters. The summed E-state index contributed by atoms with van der Waals surface area (Å²) in [6.07, 6.45) is 1.54. The van der Waals surface area contributed by atoms with Gasteiger partial charge in [0.25, 0.3) is 5.91 Å². The fourth-order valence-electron chi connectivity index (χ4n) is 3.12. The molecule has 1 aromatic carbocycles. The third-order valence-corrected chi connectivity index (χ3v) is 4.38. The third kappa shape index (κ3) is 3.42. The Morgan fingerprint density at radius 3 is 2.62 bits per heavy atom. The summed E-state index contributed by atoms with van der Waals surface area (Å²) >= 11 is 0. The van der Waals surface area contributed by atoms with E-state index < -0.39 is 0 Å². The smallest absolute Gasteiger partial charge is 0.289 e. The lowest BCUT2D eigenvalue weighted by atomic mass is 10.0. The number of nitrogens with zero attached hydrogens (tertiary/aromatic N) is 2. The molecule has 5 nitrogen and oxygen atoms in total. The molecule has 0 unspecified atom stereocenters. The maximum absolute atomic E-state index is 14.0. The van der Waals surface area contributed by atoms with Crippen molar-refractivity contribution in [2.75, 3.05) is 18.0 Å². The molecule has 0 spiro atoms. The third-order valence-electron chi connectivity index (χ3n) is 4.38. The predicted molar refractivity (Wildman–Crippen MR) is 89.8 cm³/mol. The Bertz CT molecular complexity index is 749. The van der Waals surface area contributed by atoms with Crippen molar-refractivity contribution in [1.82, 2.24) is 10.3 Å². The average molecular weight is 331 g/mol. The van der Waals surface area contributed by atoms with Gasteiger partial charge >= 0.3 is 0 Å². The van der Waals surface area contributed by atoms with E-state index in [2.05, 4.69) is 10.3 Å². The largest absolute Gasteiger partial charge is 0.436 e. The number of carbonyl (C=O) groups is 1. The monoisotopic (exact) mass is 331 g/mol. The molecule has 1 aliphatic heterocycles. The molecule has 1 saturated heterocycles. The fraction of sp³-hybridized carbons (Fsp3) is 0.444. The van der Waals surface area contributed by atoms with Crippen LogP contribution in [0.1, 0.15) is 40.5 Å². The molecule has 1 amide bonds. The summed E-state index contributed by atoms with van der Waals surface area (Å²) < 4.78 is 19.4. The van der Waals surface area contributed by atoms with E-state index in [-0.39, 0.29) is 23.5 Å². The zero-order chi connectivity index (χ0) is 17.3. The molecule has 1 aliphatic rings. The van der Waals surface area contributed by atoms with E-state index in [1.54, 1.807) is 19.9 Å². The first-order valence-corrected chi connectivity index (χ1v) is 8.20. The van der Waals surface area contributed by atoms with Crippen LogP contribution in [0.3, 0.4) is 0 Å². The summed E-state index contributed by atoms with van der Waals surface area (Å²) in [4.78, 5) is 18.4. The molecule has 24 heavy (non-hydrogen) atoms. The minimum atomic E-state index is -0.228. The summed E-state index contributed by atoms with van der Waals surface area (Å²) in [6.45, 7) is 6.85. The Labute approximate surface area is 140 Å². The molecule has 0 bridgehead atoms. The zero-order valence-electron chi connectivity index (χ0n) is 14.2. The Hall–Kier alpha value is -2.37. The lowest BCUT2D eigenvalue weighted by Crippen LogP contribution is -2.45. The Morgan fingerprint density at radius 2 is 2.00 bits per heavy atom. The van der Waals surface area contributed by atoms with Gasteiger partial charge in [-0.2, -0.15) is 0 Å². The highest BCUT2D eigenvalue weighted by atomic mass is 19.1. The van der Waals surface area contributed by atoms with Crippen molar-refractivity contribution in [3.8, 4) is 0 Å². The van der Waals surface area contributed by atoms with Crippen molar-refractivity contribution in [2.45, 2.75) is 39.7 Å². The first-order chi connectivity index (χ1) is 11.4. The highest BCUT2D eigenvalue weighted by Crippen LogP contribution is 2.24. The van der Waals surface area contributed by atoms with Crippen molar-refractivity contribution in [3.05, 3.63) is 46.9 Å². The first-order valence-electron chi connectivity index (χ1n) is 8.20. The molecule has 0 aliphatic carbocycles. The van der Waals surface area contributed by atoms with Crippen molar-refractivity contribution < 1.29 is 13.6 Å². The Balaban J connectivity index is 1.60. The number of hydrogen-bond donors (Lipinski definition) is 1. The number of oxazole rings is 1. The highest BCUT2D eigenvalue weighted by molar-refractivity contribution is 5.92. The van der Waals surface area contributed by atoms with Gasteiger partial charge in [0, 0.05) is 26.1 Å². The number of piperidine rings is 1. The van der Waals surface area contributed by atoms with Crippen LogP contribution in [0.5, 0.6) is 0 Å². The molecule has 1 N–H and O–H groups in total. The van der Waals surface area contributed by atoms with Crippen molar-refractivity contribution in [1.29, 1.82) is 0 Å². The number of halogens is 1. The van der Waals surface area contributed by atoms with Crippen molar-refractivity contribution >= 4 is 11.6 Å². The average Bonchev–Trinajstić information content (AvgIpc) is 2.89. The van der Waals surface area contributed by atoms with Gasteiger partial charge in [0.2, 0.25) is 5.76 Å². The van der Waals surface area contributed by atoms with E-state index in [1.807, 2.05) is 17.9 Å². The number of rotatable bonds is 3. The van der Waals surface area contributed by atoms with Gasteiger partial charge in [-0.05, 0) is 44.4 Å². The number of anilines is 1. The van der Waals surface area contributed by atoms with Crippen LogP contribution in [0.25, 0.3) is 0 Å². The molecule has 0 saturated carbocycles. The topological polar surface area (TPSA) is 58.4 Å². The van der Waals surface area contributed by atoms with E-state index in [4.69, 9.17) is 4.42 Å². The Kier molecular flexibility index (Phi) is 4.55. The number of aromatic nitrogens is 1. The maximum Gasteiger partial charge on any atom is 0.289 e. The number of benzene rings is 1. The summed E-state index contributed by atoms with van der Waals surface area (Å²) in [5.74, 6) is 0.339. The molecule has 2 aromatic rings. The molecule has 1 aromatic heterocycles. The second-order valence-electron chi connectivity index (χ2n) is 6.34. The van der Waals surface area contributed by atoms with Gasteiger partial charge in [-0.3, -0.25) is 4.79 Å². The minimum absolute atomic E-state index is 0.0615. The van der Waals surface area contributed by atoms with Gasteiger partial charge in [0.15, 0.2) is 5.89 Å². The zero-order valence-corrected chi connectivity index (χ0v) is 14.2. The molecule has 1 fully saturated rings. The lowest BCUT2D eigenvalue weighted by molar-refractivity contribution is 0.0900. The molecule has 3 rings (SSSR count). The van der Waals surface area contributed by atoms with Crippen LogP contribution in [0.15, 0.2) is 22.6 Å². The van der Waals surface area contributed by atoms with Crippen LogP contribution in [0.4, 0.5) is 10.1 Å². The van der Waals surface area contributed by atoms with Crippen LogP contribution in [-0.2, 0) is 0 Å². The van der Waals surface area contributed by atoms with Gasteiger partial charge in [-0.1, -0.05) is 6.07 Å². The van der Waals surface area contributed by atoms with Gasteiger partial charge in [-0.25, -0.2) is 9.37 Å². The van der Waals surface area contributed by atoms with Gasteiger partial charge in [0.05, 0.1) is 11.4 Å². The van der Waals surface area contributed by atoms with Gasteiger partial charge in [-0.15, -0.1) is 0 Å². The molecular formula is C18H22FN3O2. The quantitative estimate of drug-likeness (QED) is 0.939. The number of nitrogens with one attached hydrogen (secondary N) is 1. The first kappa shape index (κ1) is 16.5.